The topological polar surface area (TPSA) is 35.6 Å². The Morgan fingerprint density at radius 2 is 1.79 bits per heavy atom. The average molecular weight is 398 g/mol. The summed E-state index contributed by atoms with van der Waals surface area (Å²) in [6.45, 7) is 8.67. The lowest BCUT2D eigenvalue weighted by Gasteiger charge is -2.26. The van der Waals surface area contributed by atoms with Crippen LogP contribution in [0.3, 0.4) is 0 Å². The van der Waals surface area contributed by atoms with E-state index in [0.29, 0.717) is 12.6 Å². The molecule has 1 fully saturated rings. The minimum atomic E-state index is 0.0381. The first-order valence-corrected chi connectivity index (χ1v) is 11.2. The van der Waals surface area contributed by atoms with E-state index in [1.807, 2.05) is 42.1 Å². The van der Waals surface area contributed by atoms with Crippen LogP contribution >= 0.6 is 11.8 Å². The van der Waals surface area contributed by atoms with Crippen molar-refractivity contribution in [2.24, 2.45) is 0 Å². The molecule has 0 unspecified atom stereocenters. The number of rotatable bonds is 8. The highest BCUT2D eigenvalue weighted by Gasteiger charge is 2.15. The summed E-state index contributed by atoms with van der Waals surface area (Å²) >= 11 is 2.03. The van der Waals surface area contributed by atoms with Crippen molar-refractivity contribution in [2.45, 2.75) is 33.0 Å². The van der Waals surface area contributed by atoms with Gasteiger partial charge in [-0.2, -0.15) is 11.8 Å². The normalized spacial score (nSPS) is 15.1. The molecule has 1 aliphatic heterocycles. The number of hydrogen-bond donors (Lipinski definition) is 1. The maximum atomic E-state index is 12.7. The minimum Gasteiger partial charge on any atom is -0.325 e. The zero-order valence-electron chi connectivity index (χ0n) is 16.9. The lowest BCUT2D eigenvalue weighted by molar-refractivity contribution is -0.117. The third kappa shape index (κ3) is 6.66. The molecule has 0 aromatic heterocycles. The molecule has 2 aromatic carbocycles. The Labute approximate surface area is 173 Å². The van der Waals surface area contributed by atoms with E-state index in [-0.39, 0.29) is 5.91 Å². The molecule has 0 spiro atoms. The molecule has 1 N–H and O–H groups in total. The fourth-order valence-corrected chi connectivity index (χ4v) is 4.37. The highest BCUT2D eigenvalue weighted by atomic mass is 32.2. The predicted octanol–water partition coefficient (Wildman–Crippen LogP) is 4.08. The number of amides is 1. The Hall–Kier alpha value is -1.82. The molecule has 1 amide bonds. The van der Waals surface area contributed by atoms with Crippen LogP contribution in [0.1, 0.15) is 25.0 Å². The molecule has 0 saturated carbocycles. The molecule has 2 aromatic rings. The first kappa shape index (κ1) is 20.9. The van der Waals surface area contributed by atoms with Crippen LogP contribution in [0.4, 0.5) is 5.69 Å². The van der Waals surface area contributed by atoms with E-state index in [4.69, 9.17) is 0 Å². The van der Waals surface area contributed by atoms with Crippen molar-refractivity contribution in [1.29, 1.82) is 0 Å². The Morgan fingerprint density at radius 3 is 2.50 bits per heavy atom. The number of benzene rings is 2. The molecule has 28 heavy (non-hydrogen) atoms. The van der Waals surface area contributed by atoms with E-state index in [2.05, 4.69) is 53.2 Å². The zero-order valence-corrected chi connectivity index (χ0v) is 17.8. The second kappa shape index (κ2) is 10.6. The first-order valence-electron chi connectivity index (χ1n) is 10.1. The average Bonchev–Trinajstić information content (AvgIpc) is 2.69. The Kier molecular flexibility index (Phi) is 7.95. The van der Waals surface area contributed by atoms with E-state index in [1.165, 1.54) is 22.6 Å². The Morgan fingerprint density at radius 1 is 1.07 bits per heavy atom. The summed E-state index contributed by atoms with van der Waals surface area (Å²) in [5.41, 5.74) is 3.37. The monoisotopic (exact) mass is 397 g/mol. The van der Waals surface area contributed by atoms with Crippen molar-refractivity contribution < 1.29 is 4.79 Å². The molecule has 0 radical (unpaired) electrons. The van der Waals surface area contributed by atoms with Gasteiger partial charge in [0.05, 0.1) is 6.54 Å². The van der Waals surface area contributed by atoms with E-state index in [1.54, 1.807) is 0 Å². The fraction of sp³-hybridized carbons (Fsp3) is 0.435. The van der Waals surface area contributed by atoms with E-state index < -0.39 is 0 Å². The lowest BCUT2D eigenvalue weighted by atomic mass is 10.1. The van der Waals surface area contributed by atoms with Crippen LogP contribution in [-0.2, 0) is 17.9 Å². The van der Waals surface area contributed by atoms with Crippen LogP contribution in [0.25, 0.3) is 0 Å². The summed E-state index contributed by atoms with van der Waals surface area (Å²) in [6, 6.07) is 18.9. The third-order valence-corrected chi connectivity index (χ3v) is 5.97. The molecule has 3 rings (SSSR count). The van der Waals surface area contributed by atoms with Gasteiger partial charge in [0.25, 0.3) is 0 Å². The second-order valence-corrected chi connectivity index (χ2v) is 8.85. The SMILES string of the molecule is CC(C)N(CC(=O)Nc1cccc(CN2CCSCC2)c1)Cc1ccccc1. The molecular weight excluding hydrogens is 366 g/mol. The standard InChI is InChI=1S/C23H31N3OS/c1-19(2)26(17-20-7-4-3-5-8-20)18-23(27)24-22-10-6-9-21(15-22)16-25-11-13-28-14-12-25/h3-10,15,19H,11-14,16-18H2,1-2H3,(H,24,27). The predicted molar refractivity (Wildman–Crippen MR) is 120 cm³/mol. The maximum Gasteiger partial charge on any atom is 0.238 e. The smallest absolute Gasteiger partial charge is 0.238 e. The molecule has 0 bridgehead atoms. The first-order chi connectivity index (χ1) is 13.6. The zero-order chi connectivity index (χ0) is 19.8. The van der Waals surface area contributed by atoms with Crippen LogP contribution < -0.4 is 5.32 Å². The summed E-state index contributed by atoms with van der Waals surface area (Å²) in [6.07, 6.45) is 0. The van der Waals surface area contributed by atoms with E-state index in [0.717, 1.165) is 31.9 Å². The van der Waals surface area contributed by atoms with Gasteiger partial charge in [-0.15, -0.1) is 0 Å². The summed E-state index contributed by atoms with van der Waals surface area (Å²) < 4.78 is 0. The van der Waals surface area contributed by atoms with Gasteiger partial charge in [-0.1, -0.05) is 42.5 Å². The van der Waals surface area contributed by atoms with E-state index in [9.17, 15) is 4.79 Å². The quantitative estimate of drug-likeness (QED) is 0.728. The summed E-state index contributed by atoms with van der Waals surface area (Å²) in [4.78, 5) is 17.3. The van der Waals surface area contributed by atoms with Crippen LogP contribution in [0.15, 0.2) is 54.6 Å². The molecule has 150 valence electrons. The highest BCUT2D eigenvalue weighted by Crippen LogP contribution is 2.16. The molecule has 0 aliphatic carbocycles. The highest BCUT2D eigenvalue weighted by molar-refractivity contribution is 7.99. The number of carbonyl (C=O) groups excluding carboxylic acids is 1. The van der Waals surface area contributed by atoms with Gasteiger partial charge in [-0.3, -0.25) is 14.6 Å². The second-order valence-electron chi connectivity index (χ2n) is 7.62. The number of anilines is 1. The van der Waals surface area contributed by atoms with Crippen LogP contribution in [0.5, 0.6) is 0 Å². The van der Waals surface area contributed by atoms with Gasteiger partial charge in [-0.25, -0.2) is 0 Å². The fourth-order valence-electron chi connectivity index (χ4n) is 3.39. The van der Waals surface area contributed by atoms with Crippen molar-refractivity contribution in [3.8, 4) is 0 Å². The number of nitrogens with one attached hydrogen (secondary N) is 1. The van der Waals surface area contributed by atoms with Gasteiger partial charge in [0.15, 0.2) is 0 Å². The largest absolute Gasteiger partial charge is 0.325 e. The van der Waals surface area contributed by atoms with Gasteiger partial charge in [-0.05, 0) is 37.1 Å². The van der Waals surface area contributed by atoms with Crippen LogP contribution in [0.2, 0.25) is 0 Å². The molecule has 5 heteroatoms. The number of thioether (sulfide) groups is 1. The van der Waals surface area contributed by atoms with Crippen LogP contribution in [0, 0.1) is 0 Å². The summed E-state index contributed by atoms with van der Waals surface area (Å²) in [5.74, 6) is 2.46. The molecular formula is C23H31N3OS. The number of hydrogen-bond acceptors (Lipinski definition) is 4. The van der Waals surface area contributed by atoms with Gasteiger partial charge in [0.1, 0.15) is 0 Å². The van der Waals surface area contributed by atoms with Crippen LogP contribution in [-0.4, -0.2) is 52.9 Å². The summed E-state index contributed by atoms with van der Waals surface area (Å²) in [5, 5.41) is 3.09. The van der Waals surface area contributed by atoms with Gasteiger partial charge >= 0.3 is 0 Å². The van der Waals surface area contributed by atoms with Gasteiger partial charge in [0.2, 0.25) is 5.91 Å². The minimum absolute atomic E-state index is 0.0381. The van der Waals surface area contributed by atoms with Gasteiger partial charge in [0, 0.05) is 49.4 Å². The van der Waals surface area contributed by atoms with Crippen molar-refractivity contribution >= 4 is 23.4 Å². The van der Waals surface area contributed by atoms with E-state index >= 15 is 0 Å². The molecule has 0 atom stereocenters. The number of nitrogens with zero attached hydrogens (tertiary/aromatic N) is 2. The maximum absolute atomic E-state index is 12.7. The van der Waals surface area contributed by atoms with Crippen molar-refractivity contribution in [1.82, 2.24) is 9.80 Å². The molecule has 1 aliphatic rings. The third-order valence-electron chi connectivity index (χ3n) is 5.03. The lowest BCUT2D eigenvalue weighted by Crippen LogP contribution is -2.37. The Bertz CT molecular complexity index is 745. The van der Waals surface area contributed by atoms with Crippen molar-refractivity contribution in [2.75, 3.05) is 36.5 Å². The van der Waals surface area contributed by atoms with Gasteiger partial charge < -0.3 is 5.32 Å². The molecule has 1 heterocycles. The van der Waals surface area contributed by atoms with Crippen molar-refractivity contribution in [3.63, 3.8) is 0 Å². The molecule has 4 nitrogen and oxygen atoms in total. The number of carbonyl (C=O) groups is 1. The summed E-state index contributed by atoms with van der Waals surface area (Å²) in [7, 11) is 0. The molecule has 1 saturated heterocycles. The van der Waals surface area contributed by atoms with Crippen molar-refractivity contribution in [3.05, 3.63) is 65.7 Å². The Balaban J connectivity index is 1.56.